The molecule has 0 aromatic heterocycles. The van der Waals surface area contributed by atoms with Gasteiger partial charge in [-0.2, -0.15) is 0 Å². The molecule has 95 valence electrons. The van der Waals surface area contributed by atoms with E-state index >= 15 is 0 Å². The fourth-order valence-electron chi connectivity index (χ4n) is 0.892. The standard InChI is InChI=1S/C11H23N2O2.V/c1-8(2)5-6-13-7-15-11(14)10(12)9(3)4;/h8-10H,5-7,12H2,1-4H3;/q-1;. The van der Waals surface area contributed by atoms with E-state index < -0.39 is 6.04 Å². The van der Waals surface area contributed by atoms with Crippen LogP contribution in [0.3, 0.4) is 0 Å². The van der Waals surface area contributed by atoms with E-state index in [1.807, 2.05) is 13.8 Å². The van der Waals surface area contributed by atoms with Gasteiger partial charge in [-0.25, -0.2) is 0 Å². The Balaban J connectivity index is 0. The van der Waals surface area contributed by atoms with E-state index in [2.05, 4.69) is 19.2 Å². The minimum atomic E-state index is -0.537. The van der Waals surface area contributed by atoms with Gasteiger partial charge in [0.05, 0.1) is 0 Å². The van der Waals surface area contributed by atoms with Crippen LogP contribution in [0.4, 0.5) is 0 Å². The van der Waals surface area contributed by atoms with E-state index in [1.54, 1.807) is 0 Å². The zero-order valence-electron chi connectivity index (χ0n) is 10.6. The average molecular weight is 266 g/mol. The van der Waals surface area contributed by atoms with Crippen molar-refractivity contribution >= 4 is 5.97 Å². The molecule has 5 heteroatoms. The first-order valence-electron chi connectivity index (χ1n) is 5.50. The molecule has 4 nitrogen and oxygen atoms in total. The Bertz CT molecular complexity index is 187. The number of rotatable bonds is 7. The molecule has 0 fully saturated rings. The summed E-state index contributed by atoms with van der Waals surface area (Å²) in [4.78, 5) is 11.3. The van der Waals surface area contributed by atoms with Gasteiger partial charge in [0.1, 0.15) is 6.04 Å². The molecule has 16 heavy (non-hydrogen) atoms. The predicted molar refractivity (Wildman–Crippen MR) is 61.5 cm³/mol. The van der Waals surface area contributed by atoms with Crippen LogP contribution < -0.4 is 5.73 Å². The van der Waals surface area contributed by atoms with Crippen LogP contribution in [0.25, 0.3) is 5.32 Å². The number of esters is 1. The monoisotopic (exact) mass is 266 g/mol. The smallest absolute Gasteiger partial charge is 0.321 e. The summed E-state index contributed by atoms with van der Waals surface area (Å²) in [5.74, 6) is 0.369. The fourth-order valence-corrected chi connectivity index (χ4v) is 0.892. The van der Waals surface area contributed by atoms with Gasteiger partial charge >= 0.3 is 5.97 Å². The summed E-state index contributed by atoms with van der Waals surface area (Å²) in [6.07, 6.45) is 1.02. The Morgan fingerprint density at radius 1 is 1.31 bits per heavy atom. The van der Waals surface area contributed by atoms with Crippen LogP contribution in [0.1, 0.15) is 34.1 Å². The Morgan fingerprint density at radius 3 is 2.31 bits per heavy atom. The van der Waals surface area contributed by atoms with Gasteiger partial charge in [0.2, 0.25) is 0 Å². The van der Waals surface area contributed by atoms with Crippen LogP contribution >= 0.6 is 0 Å². The van der Waals surface area contributed by atoms with Gasteiger partial charge in [-0.1, -0.05) is 34.1 Å². The van der Waals surface area contributed by atoms with Gasteiger partial charge in [0.15, 0.2) is 0 Å². The van der Waals surface area contributed by atoms with Gasteiger partial charge in [0.25, 0.3) is 0 Å². The van der Waals surface area contributed by atoms with Crippen LogP contribution in [0.5, 0.6) is 0 Å². The van der Waals surface area contributed by atoms with E-state index in [0.29, 0.717) is 5.92 Å². The summed E-state index contributed by atoms with van der Waals surface area (Å²) < 4.78 is 4.92. The van der Waals surface area contributed by atoms with E-state index in [9.17, 15) is 4.79 Å². The molecule has 0 bridgehead atoms. The molecule has 0 aliphatic carbocycles. The zero-order valence-corrected chi connectivity index (χ0v) is 12.0. The molecule has 0 heterocycles. The van der Waals surface area contributed by atoms with Crippen LogP contribution in [0.2, 0.25) is 0 Å². The Labute approximate surface area is 111 Å². The minimum Gasteiger partial charge on any atom is -0.629 e. The average Bonchev–Trinajstić information content (AvgIpc) is 2.15. The summed E-state index contributed by atoms with van der Waals surface area (Å²) >= 11 is 0. The number of carbonyl (C=O) groups is 1. The van der Waals surface area contributed by atoms with Crippen LogP contribution in [-0.2, 0) is 28.1 Å². The summed E-state index contributed by atoms with van der Waals surface area (Å²) in [7, 11) is 0. The van der Waals surface area contributed by atoms with E-state index in [4.69, 9.17) is 10.5 Å². The van der Waals surface area contributed by atoms with Gasteiger partial charge in [0, 0.05) is 25.3 Å². The van der Waals surface area contributed by atoms with Gasteiger partial charge in [-0.15, -0.1) is 6.54 Å². The summed E-state index contributed by atoms with van der Waals surface area (Å²) in [6.45, 7) is 8.92. The van der Waals surface area contributed by atoms with E-state index in [1.165, 1.54) is 0 Å². The maximum Gasteiger partial charge on any atom is 0.321 e. The van der Waals surface area contributed by atoms with Gasteiger partial charge in [-0.05, 0) is 11.8 Å². The molecule has 2 N–H and O–H groups in total. The maximum absolute atomic E-state index is 11.3. The molecular weight excluding hydrogens is 243 g/mol. The second kappa shape index (κ2) is 10.1. The number of hydrogen-bond donors (Lipinski definition) is 1. The quantitative estimate of drug-likeness (QED) is 0.565. The summed E-state index contributed by atoms with van der Waals surface area (Å²) in [6, 6.07) is -0.537. The molecule has 0 aliphatic rings. The Kier molecular flexibility index (Phi) is 11.6. The third kappa shape index (κ3) is 9.22. The second-order valence-electron chi connectivity index (χ2n) is 4.49. The van der Waals surface area contributed by atoms with Crippen molar-refractivity contribution in [2.45, 2.75) is 40.2 Å². The molecule has 0 amide bonds. The Morgan fingerprint density at radius 2 is 1.88 bits per heavy atom. The predicted octanol–water partition coefficient (Wildman–Crippen LogP) is 1.89. The SMILES string of the molecule is CC(C)CC[N-]COC(=O)C(N)C(C)C.[V]. The molecule has 0 aromatic rings. The topological polar surface area (TPSA) is 66.4 Å². The van der Waals surface area contributed by atoms with Crippen molar-refractivity contribution in [3.05, 3.63) is 5.32 Å². The molecule has 0 aliphatic heterocycles. The molecule has 0 saturated carbocycles. The summed E-state index contributed by atoms with van der Waals surface area (Å²) in [5.41, 5.74) is 5.61. The molecule has 0 spiro atoms. The number of hydrogen-bond acceptors (Lipinski definition) is 3. The molecule has 0 aromatic carbocycles. The molecule has 0 saturated heterocycles. The second-order valence-corrected chi connectivity index (χ2v) is 4.49. The Hall–Kier alpha value is -0.0256. The maximum atomic E-state index is 11.3. The molecule has 1 atom stereocenters. The van der Waals surface area contributed by atoms with Gasteiger partial charge < -0.3 is 15.8 Å². The first-order chi connectivity index (χ1) is 6.95. The first-order valence-corrected chi connectivity index (χ1v) is 5.50. The van der Waals surface area contributed by atoms with Crippen LogP contribution in [0.15, 0.2) is 0 Å². The van der Waals surface area contributed by atoms with Crippen molar-refractivity contribution in [1.82, 2.24) is 0 Å². The molecule has 1 unspecified atom stereocenters. The largest absolute Gasteiger partial charge is 0.629 e. The van der Waals surface area contributed by atoms with Crippen molar-refractivity contribution in [1.29, 1.82) is 0 Å². The van der Waals surface area contributed by atoms with Crippen LogP contribution in [0, 0.1) is 11.8 Å². The number of ether oxygens (including phenoxy) is 1. The number of nitrogens with zero attached hydrogens (tertiary/aromatic N) is 1. The fraction of sp³-hybridized carbons (Fsp3) is 0.909. The molecule has 0 rings (SSSR count). The van der Waals surface area contributed by atoms with Crippen molar-refractivity contribution < 1.29 is 28.1 Å². The molecule has 1 radical (unpaired) electrons. The number of nitrogens with two attached hydrogens (primary N) is 1. The van der Waals surface area contributed by atoms with Gasteiger partial charge in [-0.3, -0.25) is 4.79 Å². The first kappa shape index (κ1) is 18.3. The van der Waals surface area contributed by atoms with Crippen LogP contribution in [-0.4, -0.2) is 25.3 Å². The van der Waals surface area contributed by atoms with Crippen molar-refractivity contribution in [2.75, 3.05) is 13.3 Å². The number of carbonyl (C=O) groups excluding carboxylic acids is 1. The normalized spacial score (nSPS) is 12.4. The third-order valence-corrected chi connectivity index (χ3v) is 2.15. The third-order valence-electron chi connectivity index (χ3n) is 2.15. The summed E-state index contributed by atoms with van der Waals surface area (Å²) in [5, 5.41) is 4.09. The van der Waals surface area contributed by atoms with Crippen molar-refractivity contribution in [3.63, 3.8) is 0 Å². The zero-order chi connectivity index (χ0) is 11.8. The van der Waals surface area contributed by atoms with E-state index in [0.717, 1.165) is 13.0 Å². The molecular formula is C11H23N2O2V-. The van der Waals surface area contributed by atoms with E-state index in [-0.39, 0.29) is 37.2 Å². The van der Waals surface area contributed by atoms with Crippen molar-refractivity contribution in [2.24, 2.45) is 17.6 Å². The van der Waals surface area contributed by atoms with Crippen molar-refractivity contribution in [3.8, 4) is 0 Å². The minimum absolute atomic E-state index is 0.